The number of piperidine rings is 4. The fraction of sp³-hybridized carbons (Fsp3) is 0.591. The van der Waals surface area contributed by atoms with Crippen LogP contribution in [0.2, 0.25) is 0 Å². The number of aryl methyl sites for hydroxylation is 2. The van der Waals surface area contributed by atoms with Gasteiger partial charge in [0, 0.05) is 77.4 Å². The van der Waals surface area contributed by atoms with E-state index in [1.54, 1.807) is 18.6 Å². The van der Waals surface area contributed by atoms with Crippen molar-refractivity contribution in [1.29, 1.82) is 5.26 Å². The Hall–Kier alpha value is -5.32. The summed E-state index contributed by atoms with van der Waals surface area (Å²) in [5, 5.41) is 8.98. The zero-order valence-corrected chi connectivity index (χ0v) is 34.2. The Morgan fingerprint density at radius 2 is 1.09 bits per heavy atom. The molecule has 14 nitrogen and oxygen atoms in total. The summed E-state index contributed by atoms with van der Waals surface area (Å²) in [6.45, 7) is 12.3. The lowest BCUT2D eigenvalue weighted by Crippen LogP contribution is -2.41. The highest BCUT2D eigenvalue weighted by molar-refractivity contribution is 5.94. The predicted octanol–water partition coefficient (Wildman–Crippen LogP) is 6.27. The molecule has 0 spiro atoms. The average Bonchev–Trinajstić information content (AvgIpc) is 4.11. The van der Waals surface area contributed by atoms with Crippen LogP contribution in [-0.4, -0.2) is 98.0 Å². The highest BCUT2D eigenvalue weighted by atomic mass is 16.1. The molecule has 0 N–H and O–H groups in total. The maximum atomic E-state index is 12.2. The Morgan fingerprint density at radius 3 is 1.55 bits per heavy atom. The van der Waals surface area contributed by atoms with Crippen LogP contribution in [0.15, 0.2) is 49.4 Å². The number of aromatic nitrogens is 8. The van der Waals surface area contributed by atoms with Gasteiger partial charge in [0.05, 0.1) is 30.5 Å². The second-order valence-corrected chi connectivity index (χ2v) is 17.1. The number of rotatable bonds is 9. The molecule has 304 valence electrons. The lowest BCUT2D eigenvalue weighted by Gasteiger charge is -2.40. The molecular formula is C44H57N13O. The minimum Gasteiger partial charge on any atom is -0.356 e. The molecule has 4 aromatic heterocycles. The van der Waals surface area contributed by atoms with Crippen LogP contribution in [0.5, 0.6) is 0 Å². The maximum Gasteiger partial charge on any atom is 0.234 e. The molecule has 0 amide bonds. The van der Waals surface area contributed by atoms with Crippen LogP contribution in [0.1, 0.15) is 98.2 Å². The van der Waals surface area contributed by atoms with E-state index in [0.29, 0.717) is 18.0 Å². The molecule has 4 saturated heterocycles. The molecule has 8 heterocycles. The van der Waals surface area contributed by atoms with Gasteiger partial charge >= 0.3 is 0 Å². The number of carbonyl (C=O) groups excluding carboxylic acids is 1. The summed E-state index contributed by atoms with van der Waals surface area (Å²) in [4.78, 5) is 56.7. The number of ketones is 1. The quantitative estimate of drug-likeness (QED) is 0.175. The molecule has 0 bridgehead atoms. The van der Waals surface area contributed by atoms with E-state index in [0.717, 1.165) is 111 Å². The molecular weight excluding hydrogens is 727 g/mol. The Labute approximate surface area is 342 Å². The number of nitrogens with zero attached hydrogens (tertiary/aromatic N) is 13. The lowest BCUT2D eigenvalue weighted by atomic mass is 9.79. The molecule has 0 atom stereocenters. The molecule has 0 unspecified atom stereocenters. The molecule has 4 aliphatic heterocycles. The third-order valence-electron chi connectivity index (χ3n) is 13.1. The Bertz CT molecular complexity index is 1970. The minimum absolute atomic E-state index is 0.141. The second-order valence-electron chi connectivity index (χ2n) is 17.1. The van der Waals surface area contributed by atoms with Crippen LogP contribution in [0.4, 0.5) is 23.4 Å². The van der Waals surface area contributed by atoms with Crippen LogP contribution in [-0.2, 0) is 0 Å². The molecule has 14 heteroatoms. The average molecular weight is 784 g/mol. The van der Waals surface area contributed by atoms with Gasteiger partial charge in [-0.05, 0) is 119 Å². The van der Waals surface area contributed by atoms with Gasteiger partial charge in [0.25, 0.3) is 0 Å². The summed E-state index contributed by atoms with van der Waals surface area (Å²) < 4.78 is 0. The molecule has 1 saturated carbocycles. The van der Waals surface area contributed by atoms with Gasteiger partial charge in [0.1, 0.15) is 29.2 Å². The monoisotopic (exact) mass is 783 g/mol. The van der Waals surface area contributed by atoms with Crippen LogP contribution in [0.25, 0.3) is 0 Å². The van der Waals surface area contributed by atoms with E-state index in [-0.39, 0.29) is 11.6 Å². The third-order valence-corrected chi connectivity index (χ3v) is 13.1. The standard InChI is InChI=1S/C24H32N6O.C20H25N7/c1-17-13-27-24(28-14-17)30-10-6-20(7-11-30)19-4-8-29(9-5-19)23-16-25-21(15-26-23)22(31)12-18-2-3-18;1-15-13-24-20(14-23-15)27-10-5-17(6-11-27)16-3-8-26(9-4-16)19-2-7-22-18(12-21)25-19/h13-16,18-20H,2-12H2,1H3;2,7,13-14,16-17H,3-6,8-11H2,1H3. The Morgan fingerprint density at radius 1 is 0.586 bits per heavy atom. The molecule has 0 radical (unpaired) electrons. The first-order chi connectivity index (χ1) is 28.4. The topological polar surface area (TPSA) is 157 Å². The number of hydrogen-bond donors (Lipinski definition) is 0. The van der Waals surface area contributed by atoms with Crippen molar-refractivity contribution in [3.8, 4) is 6.07 Å². The Kier molecular flexibility index (Phi) is 12.6. The fourth-order valence-corrected chi connectivity index (χ4v) is 9.37. The molecule has 0 aromatic carbocycles. The minimum atomic E-state index is 0.141. The van der Waals surface area contributed by atoms with E-state index in [9.17, 15) is 4.79 Å². The van der Waals surface area contributed by atoms with Gasteiger partial charge < -0.3 is 19.6 Å². The summed E-state index contributed by atoms with van der Waals surface area (Å²) in [6, 6.07) is 3.93. The third kappa shape index (κ3) is 10.0. The van der Waals surface area contributed by atoms with E-state index in [1.165, 1.54) is 64.2 Å². The molecule has 4 aromatic rings. The van der Waals surface area contributed by atoms with E-state index in [2.05, 4.69) is 59.5 Å². The van der Waals surface area contributed by atoms with Crippen molar-refractivity contribution >= 4 is 29.2 Å². The number of Topliss-reactive ketones (excluding diaryl/α,β-unsaturated/α-hetero) is 1. The van der Waals surface area contributed by atoms with Crippen LogP contribution in [0, 0.1) is 54.8 Å². The fourth-order valence-electron chi connectivity index (χ4n) is 9.37. The smallest absolute Gasteiger partial charge is 0.234 e. The molecule has 5 fully saturated rings. The summed E-state index contributed by atoms with van der Waals surface area (Å²) in [5.41, 5.74) is 2.59. The van der Waals surface area contributed by atoms with Gasteiger partial charge in [-0.3, -0.25) is 9.78 Å². The SMILES string of the molecule is Cc1cnc(N2CCC(C3CCN(c4ccnc(C#N)n4)CC3)CC2)cn1.Cc1cnc(N2CCC(C3CCN(c4cnc(C(=O)CC5CC5)cn4)CC3)CC2)nc1. The van der Waals surface area contributed by atoms with Gasteiger partial charge in [-0.2, -0.15) is 5.26 Å². The normalized spacial score (nSPS) is 20.0. The summed E-state index contributed by atoms with van der Waals surface area (Å²) in [5.74, 6) is 7.80. The number of nitriles is 1. The van der Waals surface area contributed by atoms with Crippen molar-refractivity contribution in [2.24, 2.45) is 29.6 Å². The number of carbonyl (C=O) groups is 1. The highest BCUT2D eigenvalue weighted by Crippen LogP contribution is 2.36. The van der Waals surface area contributed by atoms with Crippen LogP contribution < -0.4 is 19.6 Å². The molecule has 1 aliphatic carbocycles. The van der Waals surface area contributed by atoms with Crippen molar-refractivity contribution in [3.05, 3.63) is 72.2 Å². The van der Waals surface area contributed by atoms with Crippen molar-refractivity contribution < 1.29 is 4.79 Å². The molecule has 5 aliphatic rings. The second kappa shape index (κ2) is 18.5. The van der Waals surface area contributed by atoms with Crippen LogP contribution >= 0.6 is 0 Å². The first kappa shape index (κ1) is 39.5. The summed E-state index contributed by atoms with van der Waals surface area (Å²) >= 11 is 0. The van der Waals surface area contributed by atoms with Crippen molar-refractivity contribution in [1.82, 2.24) is 39.9 Å². The van der Waals surface area contributed by atoms with E-state index in [4.69, 9.17) is 5.26 Å². The largest absolute Gasteiger partial charge is 0.356 e. The van der Waals surface area contributed by atoms with Crippen LogP contribution in [0.3, 0.4) is 0 Å². The van der Waals surface area contributed by atoms with E-state index < -0.39 is 0 Å². The zero-order valence-electron chi connectivity index (χ0n) is 34.2. The van der Waals surface area contributed by atoms with Gasteiger partial charge in [-0.25, -0.2) is 34.9 Å². The summed E-state index contributed by atoms with van der Waals surface area (Å²) in [6.07, 6.45) is 25.4. The zero-order chi connectivity index (χ0) is 39.8. The summed E-state index contributed by atoms with van der Waals surface area (Å²) in [7, 11) is 0. The van der Waals surface area contributed by atoms with E-state index in [1.807, 2.05) is 50.8 Å². The molecule has 9 rings (SSSR count). The van der Waals surface area contributed by atoms with Crippen molar-refractivity contribution in [2.75, 3.05) is 72.0 Å². The van der Waals surface area contributed by atoms with Gasteiger partial charge in [0.2, 0.25) is 11.8 Å². The highest BCUT2D eigenvalue weighted by Gasteiger charge is 2.32. The van der Waals surface area contributed by atoms with Gasteiger partial charge in [-0.15, -0.1) is 0 Å². The maximum absolute atomic E-state index is 12.2. The van der Waals surface area contributed by atoms with Crippen molar-refractivity contribution in [3.63, 3.8) is 0 Å². The predicted molar refractivity (Wildman–Crippen MR) is 224 cm³/mol. The number of anilines is 4. The first-order valence-corrected chi connectivity index (χ1v) is 21.5. The van der Waals surface area contributed by atoms with E-state index >= 15 is 0 Å². The lowest BCUT2D eigenvalue weighted by molar-refractivity contribution is 0.0971. The number of hydrogen-bond acceptors (Lipinski definition) is 14. The van der Waals surface area contributed by atoms with Gasteiger partial charge in [-0.1, -0.05) is 0 Å². The van der Waals surface area contributed by atoms with Gasteiger partial charge in [0.15, 0.2) is 5.78 Å². The molecule has 58 heavy (non-hydrogen) atoms. The van der Waals surface area contributed by atoms with Crippen molar-refractivity contribution in [2.45, 2.75) is 84.5 Å². The Balaban J connectivity index is 0.000000164. The first-order valence-electron chi connectivity index (χ1n) is 21.5.